The van der Waals surface area contributed by atoms with E-state index >= 15 is 0 Å². The first-order valence-electron chi connectivity index (χ1n) is 5.80. The SMILES string of the molecule is O=c1[nH]cnc2c([C@H]3C[C@H](O)[C@@H](CO)N3)c[nH]c12. The van der Waals surface area contributed by atoms with Gasteiger partial charge in [-0.15, -0.1) is 0 Å². The molecule has 1 aliphatic rings. The molecule has 1 saturated heterocycles. The molecule has 0 radical (unpaired) electrons. The van der Waals surface area contributed by atoms with Crippen molar-refractivity contribution in [2.24, 2.45) is 0 Å². The van der Waals surface area contributed by atoms with E-state index in [1.54, 1.807) is 6.20 Å². The quantitative estimate of drug-likeness (QED) is 0.469. The summed E-state index contributed by atoms with van der Waals surface area (Å²) in [6.07, 6.45) is 2.98. The molecule has 0 bridgehead atoms. The summed E-state index contributed by atoms with van der Waals surface area (Å²) < 4.78 is 0. The first kappa shape index (κ1) is 11.4. The summed E-state index contributed by atoms with van der Waals surface area (Å²) >= 11 is 0. The third kappa shape index (κ3) is 1.64. The largest absolute Gasteiger partial charge is 0.395 e. The van der Waals surface area contributed by atoms with Crippen molar-refractivity contribution in [2.75, 3.05) is 6.61 Å². The molecule has 0 saturated carbocycles. The van der Waals surface area contributed by atoms with Gasteiger partial charge in [0.05, 0.1) is 25.1 Å². The number of rotatable bonds is 2. The first-order valence-corrected chi connectivity index (χ1v) is 5.80. The van der Waals surface area contributed by atoms with E-state index in [0.29, 0.717) is 17.5 Å². The van der Waals surface area contributed by atoms with Crippen LogP contribution in [-0.4, -0.2) is 43.9 Å². The first-order chi connectivity index (χ1) is 8.70. The van der Waals surface area contributed by atoms with Crippen molar-refractivity contribution in [3.8, 4) is 0 Å². The number of hydrogen-bond donors (Lipinski definition) is 5. The van der Waals surface area contributed by atoms with E-state index < -0.39 is 6.10 Å². The van der Waals surface area contributed by atoms with Crippen LogP contribution in [0.5, 0.6) is 0 Å². The molecule has 3 atom stereocenters. The molecule has 2 aromatic rings. The van der Waals surface area contributed by atoms with Crippen molar-refractivity contribution in [2.45, 2.75) is 24.6 Å². The molecule has 1 fully saturated rings. The predicted octanol–water partition coefficient (Wildman–Crippen LogP) is -0.993. The van der Waals surface area contributed by atoms with Crippen LogP contribution in [0.15, 0.2) is 17.3 Å². The number of aliphatic hydroxyl groups excluding tert-OH is 2. The van der Waals surface area contributed by atoms with Crippen LogP contribution in [0.2, 0.25) is 0 Å². The Balaban J connectivity index is 2.01. The standard InChI is InChI=1S/C11H14N4O3/c16-3-7-8(17)1-6(15-7)5-2-12-10-9(5)13-4-14-11(10)18/h2,4,6-8,12,15-17H,1,3H2,(H,13,14,18)/t6-,7-,8+/m1/s1. The summed E-state index contributed by atoms with van der Waals surface area (Å²) in [4.78, 5) is 21.1. The van der Waals surface area contributed by atoms with E-state index in [1.807, 2.05) is 0 Å². The fourth-order valence-corrected chi connectivity index (χ4v) is 2.47. The maximum Gasteiger partial charge on any atom is 0.275 e. The zero-order valence-corrected chi connectivity index (χ0v) is 9.55. The van der Waals surface area contributed by atoms with Gasteiger partial charge in [-0.3, -0.25) is 4.79 Å². The summed E-state index contributed by atoms with van der Waals surface area (Å²) in [5.41, 5.74) is 1.65. The summed E-state index contributed by atoms with van der Waals surface area (Å²) in [5, 5.41) is 22.0. The molecule has 7 nitrogen and oxygen atoms in total. The molecule has 0 spiro atoms. The van der Waals surface area contributed by atoms with Gasteiger partial charge >= 0.3 is 0 Å². The fourth-order valence-electron chi connectivity index (χ4n) is 2.47. The average molecular weight is 250 g/mol. The summed E-state index contributed by atoms with van der Waals surface area (Å²) in [6, 6.07) is -0.442. The van der Waals surface area contributed by atoms with E-state index in [9.17, 15) is 9.90 Å². The van der Waals surface area contributed by atoms with Crippen LogP contribution in [-0.2, 0) is 0 Å². The van der Waals surface area contributed by atoms with Gasteiger partial charge in [-0.2, -0.15) is 0 Å². The van der Waals surface area contributed by atoms with Gasteiger partial charge in [-0.05, 0) is 6.42 Å². The Kier molecular flexibility index (Phi) is 2.66. The Morgan fingerprint density at radius 1 is 1.44 bits per heavy atom. The molecule has 0 amide bonds. The second-order valence-electron chi connectivity index (χ2n) is 4.51. The number of nitrogens with one attached hydrogen (secondary N) is 3. The fraction of sp³-hybridized carbons (Fsp3) is 0.455. The lowest BCUT2D eigenvalue weighted by atomic mass is 10.1. The lowest BCUT2D eigenvalue weighted by molar-refractivity contribution is 0.121. The van der Waals surface area contributed by atoms with Crippen molar-refractivity contribution in [1.82, 2.24) is 20.3 Å². The highest BCUT2D eigenvalue weighted by molar-refractivity contribution is 5.78. The maximum absolute atomic E-state index is 11.6. The van der Waals surface area contributed by atoms with E-state index in [4.69, 9.17) is 5.11 Å². The molecule has 3 rings (SSSR count). The van der Waals surface area contributed by atoms with Gasteiger partial charge in [0.2, 0.25) is 0 Å². The highest BCUT2D eigenvalue weighted by atomic mass is 16.3. The van der Waals surface area contributed by atoms with Gasteiger partial charge in [-0.25, -0.2) is 4.98 Å². The van der Waals surface area contributed by atoms with Crippen LogP contribution >= 0.6 is 0 Å². The number of fused-ring (bicyclic) bond motifs is 1. The van der Waals surface area contributed by atoms with Crippen LogP contribution in [0.3, 0.4) is 0 Å². The van der Waals surface area contributed by atoms with Gasteiger partial charge in [0, 0.05) is 17.8 Å². The molecule has 96 valence electrons. The Hall–Kier alpha value is -1.70. The number of H-pyrrole nitrogens is 2. The third-order valence-electron chi connectivity index (χ3n) is 3.43. The van der Waals surface area contributed by atoms with E-state index in [2.05, 4.69) is 20.3 Å². The number of nitrogens with zero attached hydrogens (tertiary/aromatic N) is 1. The number of aromatic amines is 2. The Bertz CT molecular complexity index is 620. The molecule has 2 aromatic heterocycles. The second kappa shape index (κ2) is 4.20. The van der Waals surface area contributed by atoms with Crippen LogP contribution in [0, 0.1) is 0 Å². The molecule has 18 heavy (non-hydrogen) atoms. The molecule has 1 aliphatic heterocycles. The summed E-state index contributed by atoms with van der Waals surface area (Å²) in [6.45, 7) is -0.117. The Labute approximate surface area is 102 Å². The molecule has 7 heteroatoms. The lowest BCUT2D eigenvalue weighted by Gasteiger charge is -2.11. The molecule has 0 unspecified atom stereocenters. The minimum absolute atomic E-state index is 0.111. The zero-order valence-electron chi connectivity index (χ0n) is 9.55. The number of hydrogen-bond acceptors (Lipinski definition) is 5. The van der Waals surface area contributed by atoms with Gasteiger partial charge in [0.1, 0.15) is 11.0 Å². The van der Waals surface area contributed by atoms with Gasteiger partial charge in [0.25, 0.3) is 5.56 Å². The van der Waals surface area contributed by atoms with E-state index in [1.165, 1.54) is 6.33 Å². The van der Waals surface area contributed by atoms with Crippen LogP contribution in [0.4, 0.5) is 0 Å². The van der Waals surface area contributed by atoms with Crippen molar-refractivity contribution < 1.29 is 10.2 Å². The van der Waals surface area contributed by atoms with Crippen LogP contribution in [0.25, 0.3) is 11.0 Å². The predicted molar refractivity (Wildman–Crippen MR) is 64.1 cm³/mol. The second-order valence-corrected chi connectivity index (χ2v) is 4.51. The highest BCUT2D eigenvalue weighted by Crippen LogP contribution is 2.29. The van der Waals surface area contributed by atoms with Crippen molar-refractivity contribution >= 4 is 11.0 Å². The van der Waals surface area contributed by atoms with Crippen LogP contribution in [0.1, 0.15) is 18.0 Å². The van der Waals surface area contributed by atoms with E-state index in [0.717, 1.165) is 5.56 Å². The summed E-state index contributed by atoms with van der Waals surface area (Å²) in [7, 11) is 0. The van der Waals surface area contributed by atoms with Gasteiger partial charge in [-0.1, -0.05) is 0 Å². The van der Waals surface area contributed by atoms with Gasteiger partial charge in [0.15, 0.2) is 0 Å². The number of aromatic nitrogens is 3. The number of aliphatic hydroxyl groups is 2. The zero-order chi connectivity index (χ0) is 12.7. The third-order valence-corrected chi connectivity index (χ3v) is 3.43. The minimum Gasteiger partial charge on any atom is -0.395 e. The maximum atomic E-state index is 11.6. The Morgan fingerprint density at radius 3 is 3.00 bits per heavy atom. The van der Waals surface area contributed by atoms with Crippen molar-refractivity contribution in [1.29, 1.82) is 0 Å². The van der Waals surface area contributed by atoms with Crippen LogP contribution < -0.4 is 10.9 Å². The highest BCUT2D eigenvalue weighted by Gasteiger charge is 2.34. The minimum atomic E-state index is -0.591. The monoisotopic (exact) mass is 250 g/mol. The smallest absolute Gasteiger partial charge is 0.275 e. The van der Waals surface area contributed by atoms with Crippen molar-refractivity contribution in [3.63, 3.8) is 0 Å². The molecule has 0 aromatic carbocycles. The van der Waals surface area contributed by atoms with Crippen molar-refractivity contribution in [3.05, 3.63) is 28.4 Å². The molecular formula is C11H14N4O3. The normalized spacial score (nSPS) is 28.0. The topological polar surface area (TPSA) is 114 Å². The molecular weight excluding hydrogens is 236 g/mol. The summed E-state index contributed by atoms with van der Waals surface area (Å²) in [5.74, 6) is 0. The molecule has 0 aliphatic carbocycles. The Morgan fingerprint density at radius 2 is 2.28 bits per heavy atom. The van der Waals surface area contributed by atoms with E-state index in [-0.39, 0.29) is 24.2 Å². The average Bonchev–Trinajstić information content (AvgIpc) is 2.93. The van der Waals surface area contributed by atoms with Gasteiger partial charge < -0.3 is 25.5 Å². The molecule has 5 N–H and O–H groups in total. The molecule has 3 heterocycles. The lowest BCUT2D eigenvalue weighted by Crippen LogP contribution is -2.34.